The van der Waals surface area contributed by atoms with Crippen molar-refractivity contribution in [2.45, 2.75) is 25.6 Å². The Balaban J connectivity index is 2.25. The third-order valence-electron chi connectivity index (χ3n) is 4.30. The van der Waals surface area contributed by atoms with Crippen LogP contribution in [0.3, 0.4) is 0 Å². The van der Waals surface area contributed by atoms with E-state index in [1.807, 2.05) is 0 Å². The average molecular weight is 461 g/mol. The van der Waals surface area contributed by atoms with Gasteiger partial charge in [0, 0.05) is 5.56 Å². The molecular weight excluding hydrogens is 448 g/mol. The molecule has 158 valence electrons. The normalized spacial score (nSPS) is 13.6. The number of hydrogen-bond donors (Lipinski definition) is 1. The Bertz CT molecular complexity index is 1220. The number of carboxylic acids is 1. The van der Waals surface area contributed by atoms with Gasteiger partial charge in [-0.3, -0.25) is 4.79 Å². The van der Waals surface area contributed by atoms with Gasteiger partial charge in [-0.25, -0.2) is 9.18 Å². The molecule has 0 aliphatic carbocycles. The second kappa shape index (κ2) is 8.19. The Morgan fingerprint density at radius 3 is 2.50 bits per heavy atom. The predicted octanol–water partition coefficient (Wildman–Crippen LogP) is 5.29. The zero-order valence-corrected chi connectivity index (χ0v) is 16.8. The second-order valence-corrected chi connectivity index (χ2v) is 7.66. The quantitative estimate of drug-likeness (QED) is 0.538. The zero-order chi connectivity index (χ0) is 22.2. The molecule has 1 amide bonds. The molecule has 2 aromatic carbocycles. The molecular formula is C19H13ClF4N2O3S. The Labute approximate surface area is 175 Å². The number of aromatic nitrogens is 1. The Morgan fingerprint density at radius 1 is 1.23 bits per heavy atom. The van der Waals surface area contributed by atoms with Crippen LogP contribution >= 0.6 is 22.9 Å². The molecule has 0 radical (unpaired) electrons. The lowest BCUT2D eigenvalue weighted by Gasteiger charge is -2.14. The highest BCUT2D eigenvalue weighted by atomic mass is 35.5. The third kappa shape index (κ3) is 4.24. The first-order valence-corrected chi connectivity index (χ1v) is 9.71. The molecule has 0 bridgehead atoms. The minimum atomic E-state index is -4.59. The summed E-state index contributed by atoms with van der Waals surface area (Å²) in [7, 11) is 0. The molecule has 1 unspecified atom stereocenters. The van der Waals surface area contributed by atoms with Gasteiger partial charge in [0.2, 0.25) is 0 Å². The molecule has 0 saturated heterocycles. The number of carbonyl (C=O) groups excluding carboxylic acids is 1. The van der Waals surface area contributed by atoms with Crippen LogP contribution in [0.2, 0.25) is 5.02 Å². The molecule has 0 fully saturated rings. The summed E-state index contributed by atoms with van der Waals surface area (Å²) < 4.78 is 53.8. The van der Waals surface area contributed by atoms with Crippen LogP contribution in [-0.2, 0) is 11.0 Å². The summed E-state index contributed by atoms with van der Waals surface area (Å²) >= 11 is 6.43. The van der Waals surface area contributed by atoms with Crippen molar-refractivity contribution in [2.24, 2.45) is 4.99 Å². The van der Waals surface area contributed by atoms with Gasteiger partial charge in [-0.05, 0) is 42.8 Å². The van der Waals surface area contributed by atoms with E-state index in [2.05, 4.69) is 4.99 Å². The van der Waals surface area contributed by atoms with E-state index in [0.29, 0.717) is 0 Å². The Kier molecular flexibility index (Phi) is 6.00. The van der Waals surface area contributed by atoms with Crippen molar-refractivity contribution < 1.29 is 32.3 Å². The fourth-order valence-electron chi connectivity index (χ4n) is 2.85. The summed E-state index contributed by atoms with van der Waals surface area (Å²) in [5.74, 6) is -2.80. The van der Waals surface area contributed by atoms with E-state index >= 15 is 0 Å². The summed E-state index contributed by atoms with van der Waals surface area (Å²) in [5.41, 5.74) is -0.759. The summed E-state index contributed by atoms with van der Waals surface area (Å²) in [6, 6.07) is 4.91. The molecule has 3 rings (SSSR count). The number of halogens is 5. The number of carboxylic acid groups (broad SMARTS) is 1. The van der Waals surface area contributed by atoms with E-state index in [1.54, 1.807) is 6.92 Å². The van der Waals surface area contributed by atoms with Crippen LogP contribution in [0.5, 0.6) is 0 Å². The average Bonchev–Trinajstić information content (AvgIpc) is 3.00. The van der Waals surface area contributed by atoms with Crippen LogP contribution in [0, 0.1) is 5.82 Å². The van der Waals surface area contributed by atoms with E-state index in [0.717, 1.165) is 47.7 Å². The number of aliphatic carboxylic acids is 1. The van der Waals surface area contributed by atoms with Crippen molar-refractivity contribution in [1.82, 2.24) is 4.57 Å². The summed E-state index contributed by atoms with van der Waals surface area (Å²) in [6.07, 6.45) is -4.48. The van der Waals surface area contributed by atoms with E-state index in [9.17, 15) is 32.3 Å². The Hall–Kier alpha value is -2.72. The van der Waals surface area contributed by atoms with Crippen LogP contribution in [0.15, 0.2) is 41.4 Å². The second-order valence-electron chi connectivity index (χ2n) is 6.24. The molecule has 0 aliphatic heterocycles. The van der Waals surface area contributed by atoms with Crippen LogP contribution in [-0.4, -0.2) is 21.6 Å². The van der Waals surface area contributed by atoms with E-state index in [-0.39, 0.29) is 32.0 Å². The first-order chi connectivity index (χ1) is 14.0. The molecule has 30 heavy (non-hydrogen) atoms. The minimum Gasteiger partial charge on any atom is -0.480 e. The van der Waals surface area contributed by atoms with Crippen LogP contribution in [0.1, 0.15) is 35.3 Å². The molecule has 11 heteroatoms. The monoisotopic (exact) mass is 460 g/mol. The number of benzene rings is 2. The molecule has 0 aliphatic rings. The van der Waals surface area contributed by atoms with Gasteiger partial charge in [0.25, 0.3) is 5.91 Å². The van der Waals surface area contributed by atoms with Gasteiger partial charge in [0.15, 0.2) is 4.80 Å². The van der Waals surface area contributed by atoms with Gasteiger partial charge < -0.3 is 9.67 Å². The lowest BCUT2D eigenvalue weighted by molar-refractivity contribution is -0.141. The van der Waals surface area contributed by atoms with Crippen molar-refractivity contribution in [1.29, 1.82) is 0 Å². The van der Waals surface area contributed by atoms with Crippen LogP contribution < -0.4 is 4.80 Å². The lowest BCUT2D eigenvalue weighted by Crippen LogP contribution is -2.27. The number of alkyl halides is 3. The number of carbonyl (C=O) groups is 2. The molecule has 3 aromatic rings. The maximum absolute atomic E-state index is 13.3. The highest BCUT2D eigenvalue weighted by Gasteiger charge is 2.31. The van der Waals surface area contributed by atoms with Crippen molar-refractivity contribution in [3.63, 3.8) is 0 Å². The number of thiazole rings is 1. The van der Waals surface area contributed by atoms with Crippen molar-refractivity contribution >= 4 is 45.0 Å². The summed E-state index contributed by atoms with van der Waals surface area (Å²) in [6.45, 7) is 1.59. The molecule has 1 aromatic heterocycles. The largest absolute Gasteiger partial charge is 0.480 e. The molecule has 1 heterocycles. The molecule has 0 saturated carbocycles. The molecule has 1 N–H and O–H groups in total. The van der Waals surface area contributed by atoms with Gasteiger partial charge in [-0.2, -0.15) is 18.2 Å². The standard InChI is InChI=1S/C19H13ClF4N2O3S/c1-2-13(17(28)29)26-14-6-4-10(19(22,23)24)8-15(14)30-18(26)25-16(27)9-3-5-12(21)11(20)7-9/h3-8,13H,2H2,1H3,(H,28,29). The van der Waals surface area contributed by atoms with E-state index < -0.39 is 35.5 Å². The SMILES string of the molecule is CCC(C(=O)O)n1c(=NC(=O)c2ccc(F)c(Cl)c2)sc2cc(C(F)(F)F)ccc21. The van der Waals surface area contributed by atoms with Crippen molar-refractivity contribution in [2.75, 3.05) is 0 Å². The number of hydrogen-bond acceptors (Lipinski definition) is 3. The topological polar surface area (TPSA) is 71.7 Å². The number of fused-ring (bicyclic) bond motifs is 1. The zero-order valence-electron chi connectivity index (χ0n) is 15.2. The molecule has 0 spiro atoms. The third-order valence-corrected chi connectivity index (χ3v) is 5.61. The molecule has 1 atom stereocenters. The Morgan fingerprint density at radius 2 is 1.93 bits per heavy atom. The van der Waals surface area contributed by atoms with Gasteiger partial charge in [0.05, 0.1) is 20.8 Å². The summed E-state index contributed by atoms with van der Waals surface area (Å²) in [5, 5.41) is 9.25. The highest BCUT2D eigenvalue weighted by molar-refractivity contribution is 7.16. The summed E-state index contributed by atoms with van der Waals surface area (Å²) in [4.78, 5) is 28.0. The smallest absolute Gasteiger partial charge is 0.416 e. The first-order valence-electron chi connectivity index (χ1n) is 8.52. The lowest BCUT2D eigenvalue weighted by atomic mass is 10.2. The molecule has 5 nitrogen and oxygen atoms in total. The van der Waals surface area contributed by atoms with Gasteiger partial charge in [-0.15, -0.1) is 0 Å². The number of nitrogens with zero attached hydrogens (tertiary/aromatic N) is 2. The van der Waals surface area contributed by atoms with Crippen molar-refractivity contribution in [3.05, 3.63) is 63.2 Å². The van der Waals surface area contributed by atoms with E-state index in [4.69, 9.17) is 11.6 Å². The van der Waals surface area contributed by atoms with Crippen LogP contribution in [0.25, 0.3) is 10.2 Å². The predicted molar refractivity (Wildman–Crippen MR) is 103 cm³/mol. The van der Waals surface area contributed by atoms with Gasteiger partial charge >= 0.3 is 12.1 Å². The fraction of sp³-hybridized carbons (Fsp3) is 0.211. The minimum absolute atomic E-state index is 0.0511. The van der Waals surface area contributed by atoms with E-state index in [1.165, 1.54) is 4.57 Å². The highest BCUT2D eigenvalue weighted by Crippen LogP contribution is 2.33. The van der Waals surface area contributed by atoms with Gasteiger partial charge in [0.1, 0.15) is 11.9 Å². The number of amides is 1. The first kappa shape index (κ1) is 22.0. The van der Waals surface area contributed by atoms with Crippen LogP contribution in [0.4, 0.5) is 17.6 Å². The maximum atomic E-state index is 13.3. The number of rotatable bonds is 4. The van der Waals surface area contributed by atoms with Gasteiger partial charge in [-0.1, -0.05) is 29.9 Å². The van der Waals surface area contributed by atoms with Crippen molar-refractivity contribution in [3.8, 4) is 0 Å². The maximum Gasteiger partial charge on any atom is 0.416 e. The fourth-order valence-corrected chi connectivity index (χ4v) is 4.13.